The first-order chi connectivity index (χ1) is 7.53. The Bertz CT molecular complexity index is 466. The van der Waals surface area contributed by atoms with Crippen LogP contribution in [0.4, 0.5) is 0 Å². The smallest absolute Gasteiger partial charge is 0.322 e. The van der Waals surface area contributed by atoms with Gasteiger partial charge in [-0.15, -0.1) is 0 Å². The molecule has 0 aliphatic heterocycles. The number of aliphatic hydroxyl groups excluding tert-OH is 1. The third-order valence-corrected chi connectivity index (χ3v) is 3.13. The van der Waals surface area contributed by atoms with Crippen molar-refractivity contribution in [3.63, 3.8) is 0 Å². The van der Waals surface area contributed by atoms with Crippen LogP contribution in [0.2, 0.25) is 0 Å². The Morgan fingerprint density at radius 1 is 1.44 bits per heavy atom. The Hall–Kier alpha value is -1.68. The normalized spacial score (nSPS) is 27.7. The minimum absolute atomic E-state index is 0.387. The van der Waals surface area contributed by atoms with Gasteiger partial charge in [0.15, 0.2) is 11.2 Å². The molecule has 16 heavy (non-hydrogen) atoms. The van der Waals surface area contributed by atoms with E-state index in [0.29, 0.717) is 11.1 Å². The van der Waals surface area contributed by atoms with Gasteiger partial charge in [-0.2, -0.15) is 0 Å². The summed E-state index contributed by atoms with van der Waals surface area (Å²) in [5.74, 6) is -1.09. The molecule has 1 aliphatic rings. The lowest BCUT2D eigenvalue weighted by Gasteiger charge is -2.23. The number of carbonyl (C=O) groups is 2. The highest BCUT2D eigenvalue weighted by molar-refractivity contribution is 6.16. The van der Waals surface area contributed by atoms with E-state index in [-0.39, 0.29) is 5.78 Å². The number of Topliss-reactive ketones (excluding diaryl/α,β-unsaturated/α-hetero) is 1. The number of methoxy groups -OCH3 is 1. The number of esters is 1. The molecule has 0 unspecified atom stereocenters. The second-order valence-electron chi connectivity index (χ2n) is 4.01. The van der Waals surface area contributed by atoms with Crippen LogP contribution in [-0.4, -0.2) is 24.0 Å². The molecule has 0 saturated heterocycles. The lowest BCUT2D eigenvalue weighted by Crippen LogP contribution is -2.38. The molecule has 0 bridgehead atoms. The molecule has 0 amide bonds. The van der Waals surface area contributed by atoms with Crippen molar-refractivity contribution < 1.29 is 19.4 Å². The highest BCUT2D eigenvalue weighted by Crippen LogP contribution is 2.45. The molecular weight excluding hydrogens is 208 g/mol. The number of ketones is 1. The zero-order valence-corrected chi connectivity index (χ0v) is 9.06. The van der Waals surface area contributed by atoms with Crippen LogP contribution in [0, 0.1) is 5.41 Å². The predicted octanol–water partition coefficient (Wildman–Crippen LogP) is 1.10. The Labute approximate surface area is 92.8 Å². The van der Waals surface area contributed by atoms with E-state index in [9.17, 15) is 14.7 Å². The van der Waals surface area contributed by atoms with E-state index in [1.165, 1.54) is 14.0 Å². The fourth-order valence-electron chi connectivity index (χ4n) is 2.07. The molecule has 4 heteroatoms. The van der Waals surface area contributed by atoms with Crippen molar-refractivity contribution >= 4 is 11.8 Å². The third kappa shape index (κ3) is 1.13. The van der Waals surface area contributed by atoms with Gasteiger partial charge in [-0.1, -0.05) is 24.3 Å². The Morgan fingerprint density at radius 3 is 2.62 bits per heavy atom. The molecule has 0 fully saturated rings. The van der Waals surface area contributed by atoms with Crippen LogP contribution in [0.1, 0.15) is 28.9 Å². The monoisotopic (exact) mass is 220 g/mol. The average Bonchev–Trinajstić information content (AvgIpc) is 2.52. The molecule has 0 radical (unpaired) electrons. The summed E-state index contributed by atoms with van der Waals surface area (Å²) < 4.78 is 4.59. The summed E-state index contributed by atoms with van der Waals surface area (Å²) in [5, 5.41) is 10.1. The maximum atomic E-state index is 12.1. The van der Waals surface area contributed by atoms with Crippen molar-refractivity contribution in [2.45, 2.75) is 13.0 Å². The molecule has 1 aliphatic carbocycles. The molecule has 0 spiro atoms. The summed E-state index contributed by atoms with van der Waals surface area (Å²) in [6.45, 7) is 1.41. The van der Waals surface area contributed by atoms with Crippen LogP contribution >= 0.6 is 0 Å². The Balaban J connectivity index is 2.58. The zero-order chi connectivity index (χ0) is 11.9. The highest BCUT2D eigenvalue weighted by atomic mass is 16.5. The number of aliphatic hydroxyl groups is 1. The number of hydrogen-bond acceptors (Lipinski definition) is 4. The van der Waals surface area contributed by atoms with Gasteiger partial charge < -0.3 is 9.84 Å². The largest absolute Gasteiger partial charge is 0.468 e. The van der Waals surface area contributed by atoms with Crippen LogP contribution in [0.15, 0.2) is 24.3 Å². The fraction of sp³-hybridized carbons (Fsp3) is 0.333. The van der Waals surface area contributed by atoms with Crippen molar-refractivity contribution in [2.75, 3.05) is 7.11 Å². The van der Waals surface area contributed by atoms with Crippen molar-refractivity contribution in [1.29, 1.82) is 0 Å². The lowest BCUT2D eigenvalue weighted by molar-refractivity contribution is -0.154. The molecule has 1 aromatic rings. The predicted molar refractivity (Wildman–Crippen MR) is 55.9 cm³/mol. The van der Waals surface area contributed by atoms with Crippen molar-refractivity contribution in [3.8, 4) is 0 Å². The summed E-state index contributed by atoms with van der Waals surface area (Å²) in [4.78, 5) is 23.7. The molecule has 4 nitrogen and oxygen atoms in total. The van der Waals surface area contributed by atoms with Crippen LogP contribution in [0.3, 0.4) is 0 Å². The Morgan fingerprint density at radius 2 is 2.06 bits per heavy atom. The van der Waals surface area contributed by atoms with E-state index >= 15 is 0 Å². The van der Waals surface area contributed by atoms with Gasteiger partial charge in [-0.25, -0.2) is 0 Å². The molecular formula is C12H12O4. The average molecular weight is 220 g/mol. The standard InChI is InChI=1S/C12H12O4/c1-12(11(15)16-2)9(13)7-5-3-4-6-8(7)10(12)14/h3-6,9,13H,1-2H3/t9-,12+/m0/s1. The maximum Gasteiger partial charge on any atom is 0.322 e. The van der Waals surface area contributed by atoms with Gasteiger partial charge in [0.1, 0.15) is 6.10 Å². The number of ether oxygens (including phenoxy) is 1. The van der Waals surface area contributed by atoms with Gasteiger partial charge in [0, 0.05) is 5.56 Å². The fourth-order valence-corrected chi connectivity index (χ4v) is 2.07. The number of hydrogen-bond donors (Lipinski definition) is 1. The highest BCUT2D eigenvalue weighted by Gasteiger charge is 2.55. The molecule has 0 aromatic heterocycles. The summed E-state index contributed by atoms with van der Waals surface area (Å²) in [6, 6.07) is 6.67. The van der Waals surface area contributed by atoms with Gasteiger partial charge in [-0.3, -0.25) is 9.59 Å². The third-order valence-electron chi connectivity index (χ3n) is 3.13. The minimum atomic E-state index is -1.52. The van der Waals surface area contributed by atoms with Crippen molar-refractivity contribution in [1.82, 2.24) is 0 Å². The van der Waals surface area contributed by atoms with E-state index in [4.69, 9.17) is 0 Å². The second-order valence-corrected chi connectivity index (χ2v) is 4.01. The second kappa shape index (κ2) is 3.42. The summed E-state index contributed by atoms with van der Waals surface area (Å²) >= 11 is 0. The summed E-state index contributed by atoms with van der Waals surface area (Å²) in [7, 11) is 1.20. The van der Waals surface area contributed by atoms with E-state index in [1.54, 1.807) is 24.3 Å². The first kappa shape index (κ1) is 10.8. The molecule has 1 N–H and O–H groups in total. The van der Waals surface area contributed by atoms with Gasteiger partial charge >= 0.3 is 5.97 Å². The zero-order valence-electron chi connectivity index (χ0n) is 9.06. The number of carbonyl (C=O) groups excluding carboxylic acids is 2. The van der Waals surface area contributed by atoms with Gasteiger partial charge in [0.05, 0.1) is 7.11 Å². The maximum absolute atomic E-state index is 12.1. The van der Waals surface area contributed by atoms with Crippen LogP contribution in [0.25, 0.3) is 0 Å². The van der Waals surface area contributed by atoms with Crippen molar-refractivity contribution in [2.24, 2.45) is 5.41 Å². The van der Waals surface area contributed by atoms with E-state index < -0.39 is 17.5 Å². The molecule has 2 rings (SSSR count). The number of fused-ring (bicyclic) bond motifs is 1. The van der Waals surface area contributed by atoms with Gasteiger partial charge in [0.2, 0.25) is 0 Å². The summed E-state index contributed by atoms with van der Waals surface area (Å²) in [5.41, 5.74) is -0.637. The van der Waals surface area contributed by atoms with Crippen LogP contribution < -0.4 is 0 Å². The molecule has 0 heterocycles. The molecule has 1 aromatic carbocycles. The van der Waals surface area contributed by atoms with E-state index in [2.05, 4.69) is 4.74 Å². The molecule has 84 valence electrons. The van der Waals surface area contributed by atoms with Crippen LogP contribution in [0.5, 0.6) is 0 Å². The van der Waals surface area contributed by atoms with Gasteiger partial charge in [0.25, 0.3) is 0 Å². The number of benzene rings is 1. The Kier molecular flexibility index (Phi) is 2.31. The summed E-state index contributed by atoms with van der Waals surface area (Å²) in [6.07, 6.45) is -1.14. The SMILES string of the molecule is COC(=O)[C@@]1(C)C(=O)c2ccccc2[C@@H]1O. The first-order valence-electron chi connectivity index (χ1n) is 4.93. The van der Waals surface area contributed by atoms with Crippen LogP contribution in [-0.2, 0) is 9.53 Å². The van der Waals surface area contributed by atoms with Crippen molar-refractivity contribution in [3.05, 3.63) is 35.4 Å². The first-order valence-corrected chi connectivity index (χ1v) is 4.93. The minimum Gasteiger partial charge on any atom is -0.468 e. The molecule has 0 saturated carbocycles. The topological polar surface area (TPSA) is 63.6 Å². The lowest BCUT2D eigenvalue weighted by atomic mass is 9.84. The number of rotatable bonds is 1. The van der Waals surface area contributed by atoms with E-state index in [0.717, 1.165) is 0 Å². The van der Waals surface area contributed by atoms with Gasteiger partial charge in [-0.05, 0) is 12.5 Å². The van der Waals surface area contributed by atoms with E-state index in [1.807, 2.05) is 0 Å². The quantitative estimate of drug-likeness (QED) is 0.568. The molecule has 2 atom stereocenters.